The van der Waals surface area contributed by atoms with E-state index in [9.17, 15) is 9.59 Å². The number of fused-ring (bicyclic) bond motifs is 11. The van der Waals surface area contributed by atoms with Crippen molar-refractivity contribution in [2.45, 2.75) is 134 Å². The standard InChI is InChI=1S/C36H44N4.C20H13N2.2C13H8NS.C11H8N.C10H8N2.C9H6NS.2C5H8O2.3Ir.2Pt.Ru/c1-9-21-22(10-2)30-18-32-25(13-5)26(14-6)34(39-32)20-36-28(16-8)27(15-7)35(40-36)19-33-24(12-4)23(11-3)31(38-33)17-29(21)37-30;1-3-9-15(10-4-1)19-20(16-11-5-2-6-12-16)22-18-14-8-7-13-17(18)21-19;1-2-7-12-10(5-1)9-13(15-12)11-6-3-4-8-14-11;1-2-6-10(7-3-1)13-14-11-8-4-5-9-12(11)15-13;1-2-6-10(7-3-1)11-8-4-5-9-12-11;1-3-7-11-9(5-1)10-6-2-4-8-12-10;1-2-6-10-8(4-1)9-5-3-7-11-9;2*1-4(6)3-5(2)7;;;;;;/h17-20H,9-16H2,1-8H3;1-11,13-14H;1-8H;1-6,8-9H;1-6,8-9H;1-8H;1-4,6-7H;2*3,6H,1-2H3;;;;;;/q-2;4*-1;;-1;;;;;;;+2;+1. The number of ketones is 2. The van der Waals surface area contributed by atoms with Gasteiger partial charge in [-0.15, -0.1) is 159 Å². The molecule has 2 aliphatic rings. The number of aliphatic hydroxyl groups is 2. The van der Waals surface area contributed by atoms with Crippen molar-refractivity contribution >= 4 is 121 Å². The van der Waals surface area contributed by atoms with E-state index in [1.54, 1.807) is 58.8 Å². The second-order valence-corrected chi connectivity index (χ2v) is 35.2. The molecule has 0 amide bonds. The van der Waals surface area contributed by atoms with Crippen LogP contribution in [0.3, 0.4) is 0 Å². The number of hydrogen-bond donors (Lipinski definition) is 2. The van der Waals surface area contributed by atoms with Crippen molar-refractivity contribution in [2.24, 2.45) is 0 Å². The molecule has 7 aromatic carbocycles. The average molecular weight is 2970 g/mol. The summed E-state index contributed by atoms with van der Waals surface area (Å²) in [6.07, 6.45) is 18.9. The van der Waals surface area contributed by atoms with Crippen molar-refractivity contribution in [3.8, 4) is 76.9 Å². The number of hydrogen-bond acceptors (Lipinski definition) is 17. The Morgan fingerprint density at radius 3 is 1.04 bits per heavy atom. The fraction of sp³-hybridized carbons (Fsp3) is 0.164. The largest absolute Gasteiger partial charge is 2.00 e. The van der Waals surface area contributed by atoms with Crippen molar-refractivity contribution < 1.29 is 142 Å². The molecule has 0 unspecified atom stereocenters. The number of nitrogens with zero attached hydrogens (tertiary/aromatic N) is 12. The minimum absolute atomic E-state index is 0. The molecule has 12 aromatic heterocycles. The smallest absolute Gasteiger partial charge is 0.657 e. The summed E-state index contributed by atoms with van der Waals surface area (Å²) in [5.74, 6) is -0.125. The molecule has 0 aliphatic carbocycles. The third-order valence-corrected chi connectivity index (χ3v) is 25.3. The minimum Gasteiger partial charge on any atom is -0.657 e. The van der Waals surface area contributed by atoms with Gasteiger partial charge in [-0.1, -0.05) is 222 Å². The Balaban J connectivity index is 0.000000236. The van der Waals surface area contributed by atoms with Crippen LogP contribution in [0.2, 0.25) is 0 Å². The summed E-state index contributed by atoms with van der Waals surface area (Å²) in [6, 6.07) is 114. The van der Waals surface area contributed by atoms with Gasteiger partial charge in [0.1, 0.15) is 0 Å². The van der Waals surface area contributed by atoms with Gasteiger partial charge in [-0.25, -0.2) is 32.6 Å². The van der Waals surface area contributed by atoms with Crippen molar-refractivity contribution in [2.75, 3.05) is 0 Å². The Morgan fingerprint density at radius 1 is 0.333 bits per heavy atom. The number of para-hydroxylation sites is 3. The second kappa shape index (κ2) is 63.7. The Kier molecular flexibility index (Phi) is 52.9. The molecule has 0 fully saturated rings. The van der Waals surface area contributed by atoms with Gasteiger partial charge in [0.15, 0.2) is 11.6 Å². The first-order chi connectivity index (χ1) is 68.9. The van der Waals surface area contributed by atoms with E-state index in [1.165, 1.54) is 99.2 Å². The van der Waals surface area contributed by atoms with Crippen LogP contribution in [0, 0.1) is 30.3 Å². The first-order valence-electron chi connectivity index (χ1n) is 47.3. The zero-order chi connectivity index (χ0) is 99.2. The number of aromatic nitrogens is 12. The number of carbonyl (C=O) groups is 2. The third kappa shape index (κ3) is 34.6. The summed E-state index contributed by atoms with van der Waals surface area (Å²) < 4.78 is 2.49. The maximum absolute atomic E-state index is 10.0. The molecular weight excluding hydrogens is 2860 g/mol. The molecule has 2 aliphatic heterocycles. The first kappa shape index (κ1) is 122. The van der Waals surface area contributed by atoms with Crippen LogP contribution < -0.4 is 9.97 Å². The SMILES string of the molecule is CC(=O)C=C(C)O.CC(=O)C=C(C)O.CCC1=C(CC)c2cc3[n-]c(cc4nc(cc5[n-]c(cc1n2)c(CC)c5CC)C(CC)=C4CC)c(CC)c3CC.[Ir].[Ir].[Ir].[Pt+2].[Pt].[Ru+].[c-]1c(-c2ccccn2)sc2ccccc12.[c-]1ccccc1-c1ccccn1.[c-]1ccccc1-c1nc2ccccc2nc1-c1ccccc1.[c-]1ccccc1-c1nc2ccccc2s1.[c-]1ccsc1-c1ccccn1.c1ccc(-c2ccccn2)nc1. The first-order valence-corrected chi connectivity index (χ1v) is 49.8. The number of carbonyl (C=O) groups excluding carboxylic acids is 2. The maximum Gasteiger partial charge on any atom is 2.00 e. The van der Waals surface area contributed by atoms with Crippen LogP contribution in [-0.2, 0) is 157 Å². The average Bonchev–Trinajstić information content (AvgIpc) is 1.54. The summed E-state index contributed by atoms with van der Waals surface area (Å²) in [5.41, 5.74) is 32.7. The fourth-order valence-corrected chi connectivity index (χ4v) is 18.6. The van der Waals surface area contributed by atoms with Crippen LogP contribution in [0.5, 0.6) is 0 Å². The molecule has 0 spiro atoms. The molecule has 14 heterocycles. The van der Waals surface area contributed by atoms with Crippen LogP contribution in [0.1, 0.15) is 154 Å². The van der Waals surface area contributed by atoms with E-state index in [2.05, 4.69) is 176 Å². The van der Waals surface area contributed by atoms with Crippen molar-refractivity contribution in [3.05, 3.63) is 433 Å². The molecule has 147 heavy (non-hydrogen) atoms. The van der Waals surface area contributed by atoms with E-state index in [0.29, 0.717) is 0 Å². The Labute approximate surface area is 956 Å². The second-order valence-electron chi connectivity index (χ2n) is 32.2. The minimum atomic E-state index is -0.125. The number of aryl methyl sites for hydroxylation is 4. The monoisotopic (exact) mass is 2970 g/mol. The Hall–Kier alpha value is -11.9. The number of rotatable bonds is 17. The van der Waals surface area contributed by atoms with Gasteiger partial charge in [0.2, 0.25) is 0 Å². The van der Waals surface area contributed by atoms with Gasteiger partial charge in [0.25, 0.3) is 0 Å². The van der Waals surface area contributed by atoms with Gasteiger partial charge in [-0.3, -0.25) is 34.5 Å². The van der Waals surface area contributed by atoms with Gasteiger partial charge >= 0.3 is 40.5 Å². The Morgan fingerprint density at radius 2 is 0.687 bits per heavy atom. The summed E-state index contributed by atoms with van der Waals surface area (Å²) in [5, 5.41) is 20.9. The van der Waals surface area contributed by atoms with Crippen LogP contribution in [0.25, 0.3) is 153 Å². The number of pyridine rings is 5. The molecule has 0 saturated carbocycles. The van der Waals surface area contributed by atoms with Crippen molar-refractivity contribution in [1.82, 2.24) is 59.8 Å². The number of thiophene rings is 2. The van der Waals surface area contributed by atoms with Crippen molar-refractivity contribution in [1.29, 1.82) is 0 Å². The van der Waals surface area contributed by atoms with Gasteiger partial charge < -0.3 is 35.1 Å². The molecule has 25 heteroatoms. The molecule has 19 aromatic rings. The van der Waals surface area contributed by atoms with Gasteiger partial charge in [-0.2, -0.15) is 23.5 Å². The maximum atomic E-state index is 10.0. The molecule has 16 nitrogen and oxygen atoms in total. The number of benzene rings is 7. The van der Waals surface area contributed by atoms with E-state index in [-0.39, 0.29) is 145 Å². The van der Waals surface area contributed by atoms with Gasteiger partial charge in [0, 0.05) is 146 Å². The fourth-order valence-electron chi connectivity index (χ4n) is 16.1. The predicted octanol–water partition coefficient (Wildman–Crippen LogP) is 30.9. The summed E-state index contributed by atoms with van der Waals surface area (Å²) in [6.45, 7) is 23.6. The van der Waals surface area contributed by atoms with Gasteiger partial charge in [0.05, 0.1) is 67.9 Å². The zero-order valence-electron chi connectivity index (χ0n) is 83.4. The molecule has 8 bridgehead atoms. The van der Waals surface area contributed by atoms with E-state index >= 15 is 0 Å². The molecule has 760 valence electrons. The molecule has 0 atom stereocenters. The number of thiazole rings is 1. The molecule has 4 radical (unpaired) electrons. The third-order valence-electron chi connectivity index (χ3n) is 22.3. The van der Waals surface area contributed by atoms with Crippen LogP contribution in [0.15, 0.2) is 357 Å². The van der Waals surface area contributed by atoms with E-state index in [4.69, 9.17) is 40.1 Å². The zero-order valence-corrected chi connectivity index (χ0v) is 99.3. The van der Waals surface area contributed by atoms with Crippen LogP contribution in [-0.4, -0.2) is 71.6 Å². The van der Waals surface area contributed by atoms with E-state index in [0.717, 1.165) is 190 Å². The topological polar surface area (TPSA) is 232 Å². The van der Waals surface area contributed by atoms with Gasteiger partial charge in [-0.05, 0) is 195 Å². The Bertz CT molecular complexity index is 6950. The van der Waals surface area contributed by atoms with Crippen molar-refractivity contribution in [3.63, 3.8) is 0 Å². The molecular formula is C122H111Ir3N12O4Pt2RuS3-4. The summed E-state index contributed by atoms with van der Waals surface area (Å²) in [4.78, 5) is 78.6. The van der Waals surface area contributed by atoms with E-state index in [1.807, 2.05) is 248 Å². The van der Waals surface area contributed by atoms with Crippen LogP contribution >= 0.6 is 34.0 Å². The molecule has 2 N–H and O–H groups in total. The number of allylic oxidation sites excluding steroid dienone is 8. The van der Waals surface area contributed by atoms with E-state index < -0.39 is 0 Å². The summed E-state index contributed by atoms with van der Waals surface area (Å²) in [7, 11) is 0. The molecule has 0 saturated heterocycles. The summed E-state index contributed by atoms with van der Waals surface area (Å²) >= 11 is 5.10. The number of aliphatic hydroxyl groups excluding tert-OH is 2. The quantitative estimate of drug-likeness (QED) is 0.0373. The predicted molar refractivity (Wildman–Crippen MR) is 585 cm³/mol. The normalized spacial score (nSPS) is 10.9. The molecule has 21 rings (SSSR count). The van der Waals surface area contributed by atoms with Crippen LogP contribution in [0.4, 0.5) is 0 Å².